The zero-order chi connectivity index (χ0) is 15.5. The molecule has 1 heterocycles. The lowest BCUT2D eigenvalue weighted by Crippen LogP contribution is -2.48. The number of nitrogens with zero attached hydrogens (tertiary/aromatic N) is 2. The molecule has 7 heteroatoms. The van der Waals surface area contributed by atoms with E-state index in [0.717, 1.165) is 11.3 Å². The number of nitrogens with two attached hydrogens (primary N) is 1. The summed E-state index contributed by atoms with van der Waals surface area (Å²) in [5, 5.41) is 8.81. The Morgan fingerprint density at radius 3 is 2.30 bits per heavy atom. The van der Waals surface area contributed by atoms with Crippen LogP contribution in [0.3, 0.4) is 0 Å². The molecule has 0 aromatic carbocycles. The highest BCUT2D eigenvalue weighted by Crippen LogP contribution is 2.33. The summed E-state index contributed by atoms with van der Waals surface area (Å²) in [4.78, 5) is 36.6. The Morgan fingerprint density at radius 2 is 1.90 bits per heavy atom. The summed E-state index contributed by atoms with van der Waals surface area (Å²) >= 11 is 0. The van der Waals surface area contributed by atoms with Crippen molar-refractivity contribution in [2.45, 2.75) is 27.2 Å². The van der Waals surface area contributed by atoms with E-state index in [2.05, 4.69) is 20.8 Å². The van der Waals surface area contributed by atoms with Crippen molar-refractivity contribution in [1.82, 2.24) is 9.80 Å². The van der Waals surface area contributed by atoms with Crippen molar-refractivity contribution in [2.24, 2.45) is 17.1 Å². The van der Waals surface area contributed by atoms with Gasteiger partial charge in [0.1, 0.15) is 13.1 Å². The van der Waals surface area contributed by atoms with Gasteiger partial charge in [-0.2, -0.15) is 0 Å². The molecule has 0 aliphatic carbocycles. The van der Waals surface area contributed by atoms with Crippen LogP contribution in [0.1, 0.15) is 27.2 Å². The molecule has 0 radical (unpaired) electrons. The minimum absolute atomic E-state index is 0.0936. The third-order valence-electron chi connectivity index (χ3n) is 3.63. The Kier molecular flexibility index (Phi) is 4.97. The first kappa shape index (κ1) is 16.3. The number of carbonyl (C=O) groups is 3. The van der Waals surface area contributed by atoms with Crippen LogP contribution in [0.2, 0.25) is 0 Å². The van der Waals surface area contributed by atoms with Gasteiger partial charge in [0.15, 0.2) is 0 Å². The zero-order valence-corrected chi connectivity index (χ0v) is 12.3. The highest BCUT2D eigenvalue weighted by atomic mass is 16.4. The predicted molar refractivity (Wildman–Crippen MR) is 72.9 cm³/mol. The van der Waals surface area contributed by atoms with Gasteiger partial charge < -0.3 is 20.6 Å². The third kappa shape index (κ3) is 4.40. The molecule has 1 aliphatic heterocycles. The van der Waals surface area contributed by atoms with E-state index >= 15 is 0 Å². The van der Waals surface area contributed by atoms with E-state index < -0.39 is 24.5 Å². The third-order valence-corrected chi connectivity index (χ3v) is 3.63. The fraction of sp³-hybridized carbons (Fsp3) is 0.769. The number of carbonyl (C=O) groups excluding carboxylic acids is 2. The summed E-state index contributed by atoms with van der Waals surface area (Å²) in [6, 6.07) is -0.432. The molecule has 0 saturated carbocycles. The number of aliphatic carboxylic acids is 1. The monoisotopic (exact) mass is 285 g/mol. The molecule has 0 aromatic heterocycles. The highest BCUT2D eigenvalue weighted by molar-refractivity contribution is 5.86. The molecular weight excluding hydrogens is 262 g/mol. The Morgan fingerprint density at radius 1 is 1.30 bits per heavy atom. The van der Waals surface area contributed by atoms with Crippen molar-refractivity contribution in [3.05, 3.63) is 0 Å². The quantitative estimate of drug-likeness (QED) is 0.777. The molecule has 20 heavy (non-hydrogen) atoms. The van der Waals surface area contributed by atoms with Crippen LogP contribution in [0.4, 0.5) is 4.79 Å². The average Bonchev–Trinajstić information content (AvgIpc) is 2.74. The number of carboxylic acids is 1. The molecule has 1 unspecified atom stereocenters. The standard InChI is InChI=1S/C13H23N3O4/c1-13(2,3)9-4-5-15(6-9)12(20)16(7-10(14)17)8-11(18)19/h9H,4-8H2,1-3H3,(H2,14,17)(H,18,19). The summed E-state index contributed by atoms with van der Waals surface area (Å²) in [5.41, 5.74) is 5.15. The van der Waals surface area contributed by atoms with Crippen LogP contribution < -0.4 is 5.73 Å². The molecule has 0 aromatic rings. The predicted octanol–water partition coefficient (Wildman–Crippen LogP) is 0.346. The molecule has 0 spiro atoms. The van der Waals surface area contributed by atoms with Gasteiger partial charge in [-0.3, -0.25) is 9.59 Å². The minimum Gasteiger partial charge on any atom is -0.480 e. The molecule has 1 atom stereocenters. The lowest BCUT2D eigenvalue weighted by atomic mass is 9.80. The van der Waals surface area contributed by atoms with Crippen molar-refractivity contribution in [2.75, 3.05) is 26.2 Å². The van der Waals surface area contributed by atoms with Crippen LogP contribution in [-0.2, 0) is 9.59 Å². The molecule has 114 valence electrons. The van der Waals surface area contributed by atoms with Crippen molar-refractivity contribution in [1.29, 1.82) is 0 Å². The van der Waals surface area contributed by atoms with Crippen molar-refractivity contribution < 1.29 is 19.5 Å². The van der Waals surface area contributed by atoms with Crippen LogP contribution in [-0.4, -0.2) is 59.0 Å². The number of carboxylic acid groups (broad SMARTS) is 1. The second-order valence-corrected chi connectivity index (χ2v) is 6.30. The number of amides is 3. The van der Waals surface area contributed by atoms with Gasteiger partial charge in [-0.1, -0.05) is 20.8 Å². The molecular formula is C13H23N3O4. The lowest BCUT2D eigenvalue weighted by Gasteiger charge is -2.29. The van der Waals surface area contributed by atoms with Gasteiger partial charge in [0.05, 0.1) is 0 Å². The summed E-state index contributed by atoms with van der Waals surface area (Å²) in [7, 11) is 0. The summed E-state index contributed by atoms with van der Waals surface area (Å²) in [5.74, 6) is -1.51. The molecule has 1 saturated heterocycles. The number of hydrogen-bond donors (Lipinski definition) is 2. The first-order valence-electron chi connectivity index (χ1n) is 6.65. The van der Waals surface area contributed by atoms with Crippen molar-refractivity contribution in [3.63, 3.8) is 0 Å². The molecule has 1 fully saturated rings. The summed E-state index contributed by atoms with van der Waals surface area (Å²) < 4.78 is 0. The molecule has 3 N–H and O–H groups in total. The molecule has 1 rings (SSSR count). The first-order chi connectivity index (χ1) is 9.11. The van der Waals surface area contributed by atoms with Gasteiger partial charge in [-0.05, 0) is 17.8 Å². The first-order valence-corrected chi connectivity index (χ1v) is 6.65. The molecule has 3 amide bonds. The van der Waals surface area contributed by atoms with E-state index in [1.165, 1.54) is 0 Å². The Hall–Kier alpha value is -1.79. The van der Waals surface area contributed by atoms with Crippen LogP contribution in [0, 0.1) is 11.3 Å². The smallest absolute Gasteiger partial charge is 0.323 e. The van der Waals surface area contributed by atoms with E-state index in [0.29, 0.717) is 19.0 Å². The fourth-order valence-electron chi connectivity index (χ4n) is 2.38. The van der Waals surface area contributed by atoms with E-state index in [-0.39, 0.29) is 12.0 Å². The average molecular weight is 285 g/mol. The van der Waals surface area contributed by atoms with Gasteiger partial charge in [-0.25, -0.2) is 4.79 Å². The maximum absolute atomic E-state index is 12.3. The van der Waals surface area contributed by atoms with Crippen molar-refractivity contribution in [3.8, 4) is 0 Å². The second kappa shape index (κ2) is 6.11. The van der Waals surface area contributed by atoms with Crippen LogP contribution >= 0.6 is 0 Å². The van der Waals surface area contributed by atoms with Crippen LogP contribution in [0.5, 0.6) is 0 Å². The fourth-order valence-corrected chi connectivity index (χ4v) is 2.38. The number of urea groups is 1. The van der Waals surface area contributed by atoms with Crippen LogP contribution in [0.15, 0.2) is 0 Å². The van der Waals surface area contributed by atoms with E-state index in [1.807, 2.05) is 0 Å². The highest BCUT2D eigenvalue weighted by Gasteiger charge is 2.35. The van der Waals surface area contributed by atoms with E-state index in [4.69, 9.17) is 10.8 Å². The number of primary amides is 1. The minimum atomic E-state index is -1.16. The van der Waals surface area contributed by atoms with E-state index in [9.17, 15) is 14.4 Å². The zero-order valence-electron chi connectivity index (χ0n) is 12.3. The normalized spacial score (nSPS) is 18.9. The Labute approximate surface area is 118 Å². The number of rotatable bonds is 4. The number of hydrogen-bond acceptors (Lipinski definition) is 3. The second-order valence-electron chi connectivity index (χ2n) is 6.30. The SMILES string of the molecule is CC(C)(C)C1CCN(C(=O)N(CC(N)=O)CC(=O)O)C1. The maximum atomic E-state index is 12.3. The largest absolute Gasteiger partial charge is 0.480 e. The maximum Gasteiger partial charge on any atom is 0.323 e. The van der Waals surface area contributed by atoms with Gasteiger partial charge in [0.2, 0.25) is 5.91 Å². The van der Waals surface area contributed by atoms with Gasteiger partial charge in [-0.15, -0.1) is 0 Å². The van der Waals surface area contributed by atoms with Crippen molar-refractivity contribution >= 4 is 17.9 Å². The number of likely N-dealkylation sites (tertiary alicyclic amines) is 1. The Balaban J connectivity index is 2.71. The molecule has 0 bridgehead atoms. The lowest BCUT2D eigenvalue weighted by molar-refractivity contribution is -0.138. The van der Waals surface area contributed by atoms with E-state index in [1.54, 1.807) is 4.90 Å². The molecule has 7 nitrogen and oxygen atoms in total. The van der Waals surface area contributed by atoms with Gasteiger partial charge in [0, 0.05) is 13.1 Å². The van der Waals surface area contributed by atoms with Crippen LogP contribution in [0.25, 0.3) is 0 Å². The Bertz CT molecular complexity index is 387. The topological polar surface area (TPSA) is 104 Å². The van der Waals surface area contributed by atoms with Gasteiger partial charge >= 0.3 is 12.0 Å². The summed E-state index contributed by atoms with van der Waals surface area (Å²) in [6.45, 7) is 6.62. The molecule has 1 aliphatic rings. The van der Waals surface area contributed by atoms with Gasteiger partial charge in [0.25, 0.3) is 0 Å². The summed E-state index contributed by atoms with van der Waals surface area (Å²) in [6.07, 6.45) is 0.882.